The summed E-state index contributed by atoms with van der Waals surface area (Å²) in [5.41, 5.74) is 0. The van der Waals surface area contributed by atoms with Crippen LogP contribution in [0.3, 0.4) is 0 Å². The fourth-order valence-electron chi connectivity index (χ4n) is 1.17. The number of carbonyl (C=O) groups excluding carboxylic acids is 2. The van der Waals surface area contributed by atoms with Crippen molar-refractivity contribution in [1.29, 1.82) is 0 Å². The van der Waals surface area contributed by atoms with Crippen LogP contribution in [0.4, 0.5) is 4.39 Å². The van der Waals surface area contributed by atoms with Crippen molar-refractivity contribution in [2.75, 3.05) is 13.1 Å². The monoisotopic (exact) mass is 241 g/mol. The summed E-state index contributed by atoms with van der Waals surface area (Å²) in [6.07, 6.45) is -0.412. The Balaban J connectivity index is 0. The molecule has 0 bridgehead atoms. The van der Waals surface area contributed by atoms with Gasteiger partial charge in [0.2, 0.25) is 5.91 Å². The smallest absolute Gasteiger partial charge is 0.548 e. The number of hydrogen-bond acceptors (Lipinski definition) is 3. The standard InChI is InChI=1S/C10H18FNO3.Na/c1-3-8(11)5-6-9(13)12(4-2)7-10(14)15;/h8H,3-7H2,1-2H3,(H,14,15);/q;+1/p-1. The van der Waals surface area contributed by atoms with Gasteiger partial charge in [-0.15, -0.1) is 0 Å². The Morgan fingerprint density at radius 1 is 1.38 bits per heavy atom. The average molecular weight is 241 g/mol. The summed E-state index contributed by atoms with van der Waals surface area (Å²) >= 11 is 0. The molecule has 0 saturated heterocycles. The molecule has 0 heterocycles. The third-order valence-corrected chi connectivity index (χ3v) is 2.17. The van der Waals surface area contributed by atoms with Crippen LogP contribution in [0.2, 0.25) is 0 Å². The molecule has 0 N–H and O–H groups in total. The van der Waals surface area contributed by atoms with Crippen LogP contribution in [-0.4, -0.2) is 36.0 Å². The van der Waals surface area contributed by atoms with Gasteiger partial charge in [-0.3, -0.25) is 4.79 Å². The van der Waals surface area contributed by atoms with Crippen LogP contribution in [0.1, 0.15) is 33.1 Å². The van der Waals surface area contributed by atoms with E-state index in [0.717, 1.165) is 4.90 Å². The molecule has 16 heavy (non-hydrogen) atoms. The molecular weight excluding hydrogens is 224 g/mol. The van der Waals surface area contributed by atoms with Gasteiger partial charge in [0, 0.05) is 13.0 Å². The number of alkyl halides is 1. The molecule has 1 unspecified atom stereocenters. The number of aliphatic carboxylic acids is 1. The summed E-state index contributed by atoms with van der Waals surface area (Å²) < 4.78 is 12.8. The Kier molecular flexibility index (Phi) is 11.5. The molecule has 0 aliphatic heterocycles. The Morgan fingerprint density at radius 3 is 2.31 bits per heavy atom. The average Bonchev–Trinajstić information content (AvgIpc) is 2.21. The van der Waals surface area contributed by atoms with Crippen LogP contribution >= 0.6 is 0 Å². The summed E-state index contributed by atoms with van der Waals surface area (Å²) in [5, 5.41) is 10.3. The number of nitrogens with zero attached hydrogens (tertiary/aromatic N) is 1. The van der Waals surface area contributed by atoms with Gasteiger partial charge in [0.1, 0.15) is 6.17 Å². The van der Waals surface area contributed by atoms with E-state index in [4.69, 9.17) is 0 Å². The molecular formula is C10H17FNNaO3. The van der Waals surface area contributed by atoms with Gasteiger partial charge in [-0.25, -0.2) is 4.39 Å². The fraction of sp³-hybridized carbons (Fsp3) is 0.800. The summed E-state index contributed by atoms with van der Waals surface area (Å²) in [5.74, 6) is -1.63. The molecule has 4 nitrogen and oxygen atoms in total. The molecule has 0 aromatic heterocycles. The van der Waals surface area contributed by atoms with Crippen molar-refractivity contribution in [3.8, 4) is 0 Å². The zero-order valence-electron chi connectivity index (χ0n) is 10.2. The van der Waals surface area contributed by atoms with E-state index >= 15 is 0 Å². The predicted octanol–water partition coefficient (Wildman–Crippen LogP) is -2.88. The second-order valence-corrected chi connectivity index (χ2v) is 3.32. The maximum Gasteiger partial charge on any atom is 1.00 e. The van der Waals surface area contributed by atoms with E-state index in [1.807, 2.05) is 0 Å². The van der Waals surface area contributed by atoms with E-state index in [9.17, 15) is 19.1 Å². The van der Waals surface area contributed by atoms with Crippen LogP contribution in [0, 0.1) is 0 Å². The van der Waals surface area contributed by atoms with Crippen LogP contribution in [-0.2, 0) is 9.59 Å². The van der Waals surface area contributed by atoms with Crippen LogP contribution < -0.4 is 34.7 Å². The SMILES string of the molecule is CCC(F)CCC(=O)N(CC)CC(=O)[O-].[Na+]. The first-order chi connectivity index (χ1) is 7.01. The van der Waals surface area contributed by atoms with E-state index in [-0.39, 0.29) is 48.3 Å². The van der Waals surface area contributed by atoms with E-state index < -0.39 is 18.7 Å². The van der Waals surface area contributed by atoms with E-state index in [0.29, 0.717) is 13.0 Å². The number of carboxylic acids is 1. The minimum absolute atomic E-state index is 0. The summed E-state index contributed by atoms with van der Waals surface area (Å²) in [6.45, 7) is 3.26. The second kappa shape index (κ2) is 10.1. The van der Waals surface area contributed by atoms with E-state index in [2.05, 4.69) is 0 Å². The van der Waals surface area contributed by atoms with Crippen LogP contribution in [0.25, 0.3) is 0 Å². The quantitative estimate of drug-likeness (QED) is 0.450. The first kappa shape index (κ1) is 18.2. The molecule has 0 spiro atoms. The molecule has 0 radical (unpaired) electrons. The topological polar surface area (TPSA) is 60.4 Å². The molecule has 6 heteroatoms. The largest absolute Gasteiger partial charge is 1.00 e. The molecule has 0 fully saturated rings. The number of carbonyl (C=O) groups is 2. The number of carboxylic acid groups (broad SMARTS) is 1. The molecule has 0 aliphatic rings. The summed E-state index contributed by atoms with van der Waals surface area (Å²) in [7, 11) is 0. The molecule has 1 atom stereocenters. The maximum absolute atomic E-state index is 12.8. The van der Waals surface area contributed by atoms with Gasteiger partial charge in [0.05, 0.1) is 12.5 Å². The Labute approximate surface area is 117 Å². The zero-order chi connectivity index (χ0) is 11.8. The molecule has 88 valence electrons. The van der Waals surface area contributed by atoms with Gasteiger partial charge in [-0.2, -0.15) is 0 Å². The van der Waals surface area contributed by atoms with Crippen molar-refractivity contribution in [2.24, 2.45) is 0 Å². The van der Waals surface area contributed by atoms with E-state index in [1.54, 1.807) is 13.8 Å². The van der Waals surface area contributed by atoms with Gasteiger partial charge in [-0.05, 0) is 19.8 Å². The van der Waals surface area contributed by atoms with E-state index in [1.165, 1.54) is 0 Å². The van der Waals surface area contributed by atoms with Crippen LogP contribution in [0.15, 0.2) is 0 Å². The zero-order valence-corrected chi connectivity index (χ0v) is 12.2. The fourth-order valence-corrected chi connectivity index (χ4v) is 1.17. The number of amides is 1. The number of halogens is 1. The molecule has 0 aliphatic carbocycles. The second-order valence-electron chi connectivity index (χ2n) is 3.32. The minimum atomic E-state index is -1.29. The minimum Gasteiger partial charge on any atom is -0.548 e. The molecule has 0 aromatic rings. The van der Waals surface area contributed by atoms with Gasteiger partial charge >= 0.3 is 29.6 Å². The van der Waals surface area contributed by atoms with Crippen molar-refractivity contribution in [3.05, 3.63) is 0 Å². The normalized spacial score (nSPS) is 11.4. The van der Waals surface area contributed by atoms with Gasteiger partial charge in [0.15, 0.2) is 0 Å². The Bertz CT molecular complexity index is 226. The van der Waals surface area contributed by atoms with Gasteiger partial charge in [-0.1, -0.05) is 6.92 Å². The molecule has 0 saturated carbocycles. The first-order valence-electron chi connectivity index (χ1n) is 5.12. The molecule has 1 amide bonds. The van der Waals surface area contributed by atoms with Crippen molar-refractivity contribution in [3.63, 3.8) is 0 Å². The summed E-state index contributed by atoms with van der Waals surface area (Å²) in [4.78, 5) is 22.8. The number of hydrogen-bond donors (Lipinski definition) is 0. The Morgan fingerprint density at radius 2 is 1.94 bits per heavy atom. The Hall–Kier alpha value is -0.130. The van der Waals surface area contributed by atoms with Crippen molar-refractivity contribution < 1.29 is 48.6 Å². The van der Waals surface area contributed by atoms with Crippen molar-refractivity contribution in [1.82, 2.24) is 4.90 Å². The molecule has 0 aromatic carbocycles. The number of likely N-dealkylation sites (N-methyl/N-ethyl adjacent to an activating group) is 1. The molecule has 0 rings (SSSR count). The third-order valence-electron chi connectivity index (χ3n) is 2.17. The number of rotatable bonds is 7. The van der Waals surface area contributed by atoms with Crippen LogP contribution in [0.5, 0.6) is 0 Å². The third kappa shape index (κ3) is 8.07. The van der Waals surface area contributed by atoms with Gasteiger partial charge < -0.3 is 14.8 Å². The van der Waals surface area contributed by atoms with Crippen molar-refractivity contribution >= 4 is 11.9 Å². The predicted molar refractivity (Wildman–Crippen MR) is 51.7 cm³/mol. The van der Waals surface area contributed by atoms with Gasteiger partial charge in [0.25, 0.3) is 0 Å². The first-order valence-corrected chi connectivity index (χ1v) is 5.12. The maximum atomic E-state index is 12.8. The summed E-state index contributed by atoms with van der Waals surface area (Å²) in [6, 6.07) is 0. The van der Waals surface area contributed by atoms with Crippen molar-refractivity contribution in [2.45, 2.75) is 39.3 Å².